The Balaban J connectivity index is 0.00000338. The van der Waals surface area contributed by atoms with Crippen molar-refractivity contribution in [2.45, 2.75) is 6.42 Å². The molecule has 2 rings (SSSR count). The Morgan fingerprint density at radius 2 is 1.65 bits per heavy atom. The smallest absolute Gasteiger partial charge is 0.321 e. The van der Waals surface area contributed by atoms with Gasteiger partial charge in [0.2, 0.25) is 0 Å². The van der Waals surface area contributed by atoms with E-state index in [0.717, 1.165) is 10.6 Å². The molecule has 0 fully saturated rings. The summed E-state index contributed by atoms with van der Waals surface area (Å²) in [6, 6.07) is 10.1. The molecule has 0 atom stereocenters. The van der Waals surface area contributed by atoms with Crippen molar-refractivity contribution in [1.82, 2.24) is 9.55 Å². The van der Waals surface area contributed by atoms with Crippen LogP contribution in [0.5, 0.6) is 0 Å². The first-order chi connectivity index (χ1) is 11.5. The molecule has 0 bridgehead atoms. The average molecular weight is 409 g/mol. The molecule has 1 aromatic heterocycles. The van der Waals surface area contributed by atoms with Crippen molar-refractivity contribution in [1.29, 1.82) is 0 Å². The van der Waals surface area contributed by atoms with E-state index < -0.39 is 25.8 Å². The van der Waals surface area contributed by atoms with Crippen LogP contribution in [-0.4, -0.2) is 29.1 Å². The van der Waals surface area contributed by atoms with Gasteiger partial charge in [-0.2, -0.15) is 0 Å². The van der Waals surface area contributed by atoms with Crippen molar-refractivity contribution in [3.05, 3.63) is 63.7 Å². The third kappa shape index (κ3) is 5.82. The predicted molar refractivity (Wildman–Crippen MR) is 90.8 cm³/mol. The van der Waals surface area contributed by atoms with Crippen LogP contribution in [0.3, 0.4) is 0 Å². The fraction of sp³-hybridized carbons (Fsp3) is 0.143. The normalized spacial score (nSPS) is 11.6. The van der Waals surface area contributed by atoms with Crippen LogP contribution in [0.1, 0.15) is 5.82 Å². The molecule has 0 saturated heterocycles. The first kappa shape index (κ1) is 23.2. The second-order valence-electron chi connectivity index (χ2n) is 5.18. The predicted octanol–water partition coefficient (Wildman–Crippen LogP) is -1.81. The van der Waals surface area contributed by atoms with Crippen LogP contribution < -0.4 is 35.1 Å². The van der Waals surface area contributed by atoms with Gasteiger partial charge in [0.05, 0.1) is 5.69 Å². The van der Waals surface area contributed by atoms with E-state index in [0.29, 0.717) is 11.3 Å². The SMILES string of the molecule is Cn1c(CC=C(P(=O)(O)O)P(=O)(O)O)nc(-c2ccccc2)cc1=O.[Na+]. The van der Waals surface area contributed by atoms with E-state index in [9.17, 15) is 13.9 Å². The Morgan fingerprint density at radius 3 is 2.15 bits per heavy atom. The first-order valence-corrected chi connectivity index (χ1v) is 10.2. The average Bonchev–Trinajstić information content (AvgIpc) is 2.49. The quantitative estimate of drug-likeness (QED) is 0.334. The van der Waals surface area contributed by atoms with E-state index in [4.69, 9.17) is 19.6 Å². The Morgan fingerprint density at radius 1 is 1.12 bits per heavy atom. The van der Waals surface area contributed by atoms with Gasteiger partial charge < -0.3 is 19.6 Å². The van der Waals surface area contributed by atoms with Crippen molar-refractivity contribution < 1.29 is 58.3 Å². The zero-order chi connectivity index (χ0) is 18.8. The third-order valence-electron chi connectivity index (χ3n) is 3.36. The van der Waals surface area contributed by atoms with Crippen molar-refractivity contribution >= 4 is 15.2 Å². The maximum atomic E-state index is 12.1. The maximum Gasteiger partial charge on any atom is 1.00 e. The fourth-order valence-electron chi connectivity index (χ4n) is 2.12. The maximum absolute atomic E-state index is 12.1. The van der Waals surface area contributed by atoms with Crippen molar-refractivity contribution in [2.24, 2.45) is 7.05 Å². The van der Waals surface area contributed by atoms with E-state index >= 15 is 0 Å². The molecule has 2 aromatic rings. The number of aromatic nitrogens is 2. The second-order valence-corrected chi connectivity index (χ2v) is 8.67. The van der Waals surface area contributed by atoms with Crippen LogP contribution >= 0.6 is 15.2 Å². The van der Waals surface area contributed by atoms with E-state index in [-0.39, 0.29) is 41.8 Å². The molecule has 0 saturated carbocycles. The van der Waals surface area contributed by atoms with Gasteiger partial charge >= 0.3 is 44.7 Å². The molecular weight excluding hydrogens is 393 g/mol. The fourth-order valence-corrected chi connectivity index (χ4v) is 4.13. The zero-order valence-corrected chi connectivity index (χ0v) is 17.8. The van der Waals surface area contributed by atoms with E-state index in [1.807, 2.05) is 0 Å². The van der Waals surface area contributed by atoms with Crippen molar-refractivity contribution in [3.63, 3.8) is 0 Å². The van der Waals surface area contributed by atoms with Crippen LogP contribution in [0.2, 0.25) is 0 Å². The Bertz CT molecular complexity index is 939. The van der Waals surface area contributed by atoms with E-state index in [1.165, 1.54) is 13.1 Å². The monoisotopic (exact) mass is 409 g/mol. The summed E-state index contributed by atoms with van der Waals surface area (Å²) in [5.74, 6) is 0.103. The van der Waals surface area contributed by atoms with Gasteiger partial charge in [0, 0.05) is 25.1 Å². The van der Waals surface area contributed by atoms with Crippen LogP contribution in [-0.2, 0) is 22.6 Å². The minimum atomic E-state index is -5.15. The number of allylic oxidation sites excluding steroid dienone is 1. The zero-order valence-electron chi connectivity index (χ0n) is 14.1. The van der Waals surface area contributed by atoms with Gasteiger partial charge in [0.25, 0.3) is 5.56 Å². The number of rotatable bonds is 5. The molecule has 4 N–H and O–H groups in total. The summed E-state index contributed by atoms with van der Waals surface area (Å²) < 4.78 is 23.7. The molecule has 12 heteroatoms. The standard InChI is InChI=1S/C14H16N2O7P2.Na/c1-16-12(7-8-14(24(18,19)20)25(21,22)23)15-11(9-13(16)17)10-5-3-2-4-6-10;/h2-6,8-9H,7H2,1H3,(H2,18,19,20)(H2,21,22,23);/q;+1. The van der Waals surface area contributed by atoms with Gasteiger partial charge in [-0.25, -0.2) is 4.98 Å². The third-order valence-corrected chi connectivity index (χ3v) is 6.48. The number of nitrogens with zero attached hydrogens (tertiary/aromatic N) is 2. The summed E-state index contributed by atoms with van der Waals surface area (Å²) >= 11 is 0. The molecule has 9 nitrogen and oxygen atoms in total. The Kier molecular flexibility index (Phi) is 7.92. The van der Waals surface area contributed by atoms with E-state index in [2.05, 4.69) is 4.98 Å². The number of benzene rings is 1. The molecule has 1 aromatic carbocycles. The van der Waals surface area contributed by atoms with Crippen LogP contribution in [0.15, 0.2) is 52.3 Å². The summed E-state index contributed by atoms with van der Waals surface area (Å²) in [7, 11) is -8.89. The molecule has 0 radical (unpaired) electrons. The minimum absolute atomic E-state index is 0. The van der Waals surface area contributed by atoms with E-state index in [1.54, 1.807) is 30.3 Å². The molecule has 0 spiro atoms. The molecule has 134 valence electrons. The van der Waals surface area contributed by atoms with Crippen LogP contribution in [0.25, 0.3) is 11.3 Å². The Labute approximate surface area is 171 Å². The molecule has 0 aliphatic heterocycles. The summed E-state index contributed by atoms with van der Waals surface area (Å²) in [5, 5.41) is -1.29. The summed E-state index contributed by atoms with van der Waals surface area (Å²) in [6.07, 6.45) is 0.385. The van der Waals surface area contributed by atoms with Gasteiger partial charge in [0.1, 0.15) is 10.9 Å². The molecule has 1 heterocycles. The van der Waals surface area contributed by atoms with Gasteiger partial charge in [0.15, 0.2) is 0 Å². The van der Waals surface area contributed by atoms with Gasteiger partial charge in [-0.3, -0.25) is 18.5 Å². The first-order valence-electron chi connectivity index (χ1n) is 6.95. The van der Waals surface area contributed by atoms with Crippen molar-refractivity contribution in [2.75, 3.05) is 0 Å². The molecule has 0 unspecified atom stereocenters. The number of hydrogen-bond donors (Lipinski definition) is 4. The molecule has 0 amide bonds. The number of hydrogen-bond acceptors (Lipinski definition) is 4. The largest absolute Gasteiger partial charge is 1.00 e. The summed E-state index contributed by atoms with van der Waals surface area (Å²) in [6.45, 7) is 0. The Hall–Kier alpha value is -0.860. The molecule has 0 aliphatic rings. The van der Waals surface area contributed by atoms with Gasteiger partial charge in [-0.15, -0.1) is 0 Å². The van der Waals surface area contributed by atoms with Crippen LogP contribution in [0.4, 0.5) is 0 Å². The second kappa shape index (κ2) is 8.89. The minimum Gasteiger partial charge on any atom is -0.321 e. The topological polar surface area (TPSA) is 150 Å². The summed E-state index contributed by atoms with van der Waals surface area (Å²) in [4.78, 5) is 52.8. The van der Waals surface area contributed by atoms with Gasteiger partial charge in [-0.1, -0.05) is 36.4 Å². The van der Waals surface area contributed by atoms with Gasteiger partial charge in [-0.05, 0) is 0 Å². The summed E-state index contributed by atoms with van der Waals surface area (Å²) in [5.41, 5.74) is 0.600. The van der Waals surface area contributed by atoms with Crippen LogP contribution in [0, 0.1) is 0 Å². The molecule has 26 heavy (non-hydrogen) atoms. The molecule has 0 aliphatic carbocycles. The molecular formula is C14H16N2NaO7P2+. The van der Waals surface area contributed by atoms with Crippen molar-refractivity contribution in [3.8, 4) is 11.3 Å².